The van der Waals surface area contributed by atoms with Gasteiger partial charge in [-0.15, -0.1) is 0 Å². The van der Waals surface area contributed by atoms with E-state index in [9.17, 15) is 17.6 Å². The molecule has 0 aliphatic carbocycles. The summed E-state index contributed by atoms with van der Waals surface area (Å²) >= 11 is 0. The molecule has 0 fully saturated rings. The molecule has 0 atom stereocenters. The molecule has 160 valence electrons. The average Bonchev–Trinajstić information content (AvgIpc) is 2.78. The molecule has 0 saturated heterocycles. The maximum Gasteiger partial charge on any atom is 0.338 e. The Balaban J connectivity index is 1.40. The Labute approximate surface area is 178 Å². The number of hydrogen-bond acceptors (Lipinski definition) is 6. The van der Waals surface area contributed by atoms with E-state index < -0.39 is 16.0 Å². The van der Waals surface area contributed by atoms with E-state index in [1.54, 1.807) is 6.07 Å². The summed E-state index contributed by atoms with van der Waals surface area (Å²) in [5.41, 5.74) is 1.19. The molecule has 1 N–H and O–H groups in total. The van der Waals surface area contributed by atoms with Crippen molar-refractivity contribution in [1.82, 2.24) is 0 Å². The second-order valence-corrected chi connectivity index (χ2v) is 8.37. The Morgan fingerprint density at radius 3 is 2.32 bits per heavy atom. The Morgan fingerprint density at radius 1 is 0.935 bits per heavy atom. The van der Waals surface area contributed by atoms with Crippen LogP contribution in [0.4, 0.5) is 10.1 Å². The number of hydrogen-bond donors (Lipinski definition) is 1. The quantitative estimate of drug-likeness (QED) is 0.584. The van der Waals surface area contributed by atoms with Crippen molar-refractivity contribution < 1.29 is 31.8 Å². The normalized spacial score (nSPS) is 12.8. The van der Waals surface area contributed by atoms with Gasteiger partial charge in [0.2, 0.25) is 0 Å². The molecular weight excluding hydrogens is 425 g/mol. The van der Waals surface area contributed by atoms with Gasteiger partial charge in [-0.25, -0.2) is 17.6 Å². The molecule has 0 bridgehead atoms. The molecule has 0 unspecified atom stereocenters. The van der Waals surface area contributed by atoms with Crippen LogP contribution in [0, 0.1) is 5.82 Å². The minimum atomic E-state index is -3.86. The van der Waals surface area contributed by atoms with Gasteiger partial charge >= 0.3 is 5.97 Å². The molecule has 9 heteroatoms. The van der Waals surface area contributed by atoms with Crippen LogP contribution in [0.25, 0.3) is 0 Å². The molecule has 1 aliphatic rings. The van der Waals surface area contributed by atoms with Gasteiger partial charge < -0.3 is 14.2 Å². The molecule has 0 amide bonds. The number of anilines is 1. The summed E-state index contributed by atoms with van der Waals surface area (Å²) in [6, 6.07) is 15.8. The first kappa shape index (κ1) is 20.7. The second-order valence-electron chi connectivity index (χ2n) is 6.69. The van der Waals surface area contributed by atoms with Gasteiger partial charge in [-0.1, -0.05) is 12.1 Å². The lowest BCUT2D eigenvalue weighted by atomic mass is 10.2. The van der Waals surface area contributed by atoms with Crippen LogP contribution in [0.5, 0.6) is 11.5 Å². The van der Waals surface area contributed by atoms with Crippen molar-refractivity contribution >= 4 is 21.7 Å². The fourth-order valence-electron chi connectivity index (χ4n) is 2.89. The number of sulfonamides is 1. The van der Waals surface area contributed by atoms with Crippen LogP contribution in [0.15, 0.2) is 71.6 Å². The lowest BCUT2D eigenvalue weighted by Gasteiger charge is -2.19. The highest BCUT2D eigenvalue weighted by Crippen LogP contribution is 2.32. The van der Waals surface area contributed by atoms with Gasteiger partial charge in [-0.05, 0) is 54.1 Å². The first-order valence-electron chi connectivity index (χ1n) is 9.35. The van der Waals surface area contributed by atoms with E-state index in [1.165, 1.54) is 60.7 Å². The summed E-state index contributed by atoms with van der Waals surface area (Å²) in [5, 5.41) is 0. The Kier molecular flexibility index (Phi) is 5.77. The number of rotatable bonds is 6. The van der Waals surface area contributed by atoms with Gasteiger partial charge in [0.15, 0.2) is 11.5 Å². The molecule has 0 aromatic heterocycles. The third kappa shape index (κ3) is 4.95. The number of esters is 1. The van der Waals surface area contributed by atoms with E-state index in [-0.39, 0.29) is 28.6 Å². The smallest absolute Gasteiger partial charge is 0.338 e. The highest BCUT2D eigenvalue weighted by atomic mass is 32.2. The van der Waals surface area contributed by atoms with Crippen LogP contribution >= 0.6 is 0 Å². The Bertz CT molecular complexity index is 1190. The maximum atomic E-state index is 12.9. The van der Waals surface area contributed by atoms with Crippen LogP contribution in [0.3, 0.4) is 0 Å². The number of carbonyl (C=O) groups is 1. The van der Waals surface area contributed by atoms with E-state index in [1.807, 2.05) is 0 Å². The predicted octanol–water partition coefficient (Wildman–Crippen LogP) is 3.75. The summed E-state index contributed by atoms with van der Waals surface area (Å²) in [6.07, 6.45) is 0. The van der Waals surface area contributed by atoms with E-state index >= 15 is 0 Å². The zero-order valence-electron chi connectivity index (χ0n) is 16.2. The van der Waals surface area contributed by atoms with Crippen molar-refractivity contribution in [2.24, 2.45) is 0 Å². The Morgan fingerprint density at radius 2 is 1.61 bits per heavy atom. The van der Waals surface area contributed by atoms with Gasteiger partial charge in [0.1, 0.15) is 25.6 Å². The van der Waals surface area contributed by atoms with Crippen LogP contribution in [0.1, 0.15) is 15.9 Å². The van der Waals surface area contributed by atoms with Crippen molar-refractivity contribution in [3.8, 4) is 11.5 Å². The molecular formula is C22H18FNO6S. The lowest BCUT2D eigenvalue weighted by Crippen LogP contribution is -2.17. The fourth-order valence-corrected chi connectivity index (χ4v) is 3.97. The summed E-state index contributed by atoms with van der Waals surface area (Å²) < 4.78 is 56.7. The molecule has 3 aromatic rings. The summed E-state index contributed by atoms with van der Waals surface area (Å²) in [5.74, 6) is -0.0861. The third-order valence-electron chi connectivity index (χ3n) is 4.48. The van der Waals surface area contributed by atoms with Crippen LogP contribution in [0.2, 0.25) is 0 Å². The number of carbonyl (C=O) groups excluding carboxylic acids is 1. The molecule has 0 radical (unpaired) electrons. The minimum absolute atomic E-state index is 0.00237. The molecule has 3 aromatic carbocycles. The molecule has 0 spiro atoms. The molecule has 31 heavy (non-hydrogen) atoms. The monoisotopic (exact) mass is 443 g/mol. The van der Waals surface area contributed by atoms with Crippen molar-refractivity contribution in [2.45, 2.75) is 11.5 Å². The molecule has 4 rings (SSSR count). The van der Waals surface area contributed by atoms with Gasteiger partial charge in [-0.3, -0.25) is 4.72 Å². The van der Waals surface area contributed by atoms with Gasteiger partial charge in [0, 0.05) is 11.8 Å². The molecule has 1 heterocycles. The topological polar surface area (TPSA) is 90.9 Å². The lowest BCUT2D eigenvalue weighted by molar-refractivity contribution is 0.0472. The predicted molar refractivity (Wildman–Crippen MR) is 110 cm³/mol. The number of ether oxygens (including phenoxy) is 3. The van der Waals surface area contributed by atoms with E-state index in [0.29, 0.717) is 30.3 Å². The second kappa shape index (κ2) is 8.65. The van der Waals surface area contributed by atoms with Crippen molar-refractivity contribution in [2.75, 3.05) is 17.9 Å². The maximum absolute atomic E-state index is 12.9. The van der Waals surface area contributed by atoms with Crippen LogP contribution < -0.4 is 14.2 Å². The van der Waals surface area contributed by atoms with Gasteiger partial charge in [0.05, 0.1) is 10.5 Å². The number of benzene rings is 3. The van der Waals surface area contributed by atoms with E-state index in [0.717, 1.165) is 0 Å². The number of fused-ring (bicyclic) bond motifs is 1. The largest absolute Gasteiger partial charge is 0.486 e. The summed E-state index contributed by atoms with van der Waals surface area (Å²) in [4.78, 5) is 12.2. The average molecular weight is 443 g/mol. The highest BCUT2D eigenvalue weighted by molar-refractivity contribution is 7.92. The number of nitrogens with one attached hydrogen (secondary N) is 1. The zero-order chi connectivity index (χ0) is 21.8. The summed E-state index contributed by atoms with van der Waals surface area (Å²) in [7, 11) is -3.86. The van der Waals surface area contributed by atoms with E-state index in [4.69, 9.17) is 14.2 Å². The van der Waals surface area contributed by atoms with E-state index in [2.05, 4.69) is 4.72 Å². The first-order chi connectivity index (χ1) is 14.9. The van der Waals surface area contributed by atoms with Crippen molar-refractivity contribution in [3.63, 3.8) is 0 Å². The molecule has 1 aliphatic heterocycles. The van der Waals surface area contributed by atoms with Crippen LogP contribution in [-0.4, -0.2) is 27.6 Å². The Hall–Kier alpha value is -3.59. The number of halogens is 1. The highest BCUT2D eigenvalue weighted by Gasteiger charge is 2.19. The van der Waals surface area contributed by atoms with Crippen molar-refractivity contribution in [1.29, 1.82) is 0 Å². The first-order valence-corrected chi connectivity index (χ1v) is 10.8. The van der Waals surface area contributed by atoms with Gasteiger partial charge in [0.25, 0.3) is 10.0 Å². The minimum Gasteiger partial charge on any atom is -0.486 e. The zero-order valence-corrected chi connectivity index (χ0v) is 17.0. The SMILES string of the molecule is O=C(OCc1ccc(F)cc1)c1ccc(NS(=O)(=O)c2ccc3c(c2)OCCO3)cc1. The fraction of sp³-hybridized carbons (Fsp3) is 0.136. The standard InChI is InChI=1S/C22H18FNO6S/c23-17-5-1-15(2-6-17)14-30-22(25)16-3-7-18(8-4-16)24-31(26,27)19-9-10-20-21(13-19)29-12-11-28-20/h1-10,13,24H,11-12,14H2. The third-order valence-corrected chi connectivity index (χ3v) is 5.86. The van der Waals surface area contributed by atoms with Crippen LogP contribution in [-0.2, 0) is 21.4 Å². The molecule has 7 nitrogen and oxygen atoms in total. The van der Waals surface area contributed by atoms with Gasteiger partial charge in [-0.2, -0.15) is 0 Å². The van der Waals surface area contributed by atoms with Crippen molar-refractivity contribution in [3.05, 3.63) is 83.7 Å². The summed E-state index contributed by atoms with van der Waals surface area (Å²) in [6.45, 7) is 0.760. The molecule has 0 saturated carbocycles.